The molecule has 0 radical (unpaired) electrons. The zero-order chi connectivity index (χ0) is 18.8. The van der Waals surface area contributed by atoms with Crippen LogP contribution >= 0.6 is 24.0 Å². The Balaban J connectivity index is 0.00000364. The van der Waals surface area contributed by atoms with Gasteiger partial charge >= 0.3 is 0 Å². The summed E-state index contributed by atoms with van der Waals surface area (Å²) in [4.78, 5) is 16.2. The quantitative estimate of drug-likeness (QED) is 0.305. The first kappa shape index (κ1) is 23.0. The maximum absolute atomic E-state index is 11.9. The Hall–Kier alpha value is -2.09. The van der Waals surface area contributed by atoms with Crippen molar-refractivity contribution in [2.45, 2.75) is 39.7 Å². The monoisotopic (exact) mass is 480 g/mol. The molecule has 0 atom stereocenters. The van der Waals surface area contributed by atoms with E-state index in [4.69, 9.17) is 5.73 Å². The Kier molecular flexibility index (Phi) is 10.5. The first-order valence-corrected chi connectivity index (χ1v) is 9.12. The molecule has 5 nitrogen and oxygen atoms in total. The smallest absolute Gasteiger partial charge is 0.222 e. The predicted octanol–water partition coefficient (Wildman–Crippen LogP) is 3.86. The number of nitrogens with one attached hydrogen (secondary N) is 2. The summed E-state index contributed by atoms with van der Waals surface area (Å²) in [5, 5.41) is 6.10. The summed E-state index contributed by atoms with van der Waals surface area (Å²) < 4.78 is 0. The molecule has 0 spiro atoms. The number of para-hydroxylation sites is 1. The zero-order valence-corrected chi connectivity index (χ0v) is 18.3. The van der Waals surface area contributed by atoms with Crippen molar-refractivity contribution in [3.8, 4) is 0 Å². The topological polar surface area (TPSA) is 79.5 Å². The van der Waals surface area contributed by atoms with E-state index in [1.54, 1.807) is 0 Å². The second-order valence-electron chi connectivity index (χ2n) is 6.06. The first-order chi connectivity index (χ1) is 12.6. The fourth-order valence-corrected chi connectivity index (χ4v) is 2.73. The van der Waals surface area contributed by atoms with Crippen molar-refractivity contribution in [1.82, 2.24) is 5.32 Å². The highest BCUT2D eigenvalue weighted by Crippen LogP contribution is 2.22. The van der Waals surface area contributed by atoms with Crippen molar-refractivity contribution in [3.05, 3.63) is 65.2 Å². The van der Waals surface area contributed by atoms with Crippen molar-refractivity contribution in [1.29, 1.82) is 0 Å². The molecular formula is C21H29IN4O. The third-order valence-corrected chi connectivity index (χ3v) is 4.21. The van der Waals surface area contributed by atoms with Crippen LogP contribution < -0.4 is 16.4 Å². The summed E-state index contributed by atoms with van der Waals surface area (Å²) in [6.45, 7) is 5.12. The van der Waals surface area contributed by atoms with E-state index in [9.17, 15) is 4.79 Å². The zero-order valence-electron chi connectivity index (χ0n) is 16.0. The number of nitrogens with zero attached hydrogens (tertiary/aromatic N) is 1. The average Bonchev–Trinajstić information content (AvgIpc) is 2.67. The average molecular weight is 480 g/mol. The summed E-state index contributed by atoms with van der Waals surface area (Å²) in [5.74, 6) is 0.310. The van der Waals surface area contributed by atoms with Gasteiger partial charge in [-0.15, -0.1) is 24.0 Å². The molecule has 146 valence electrons. The molecule has 2 aromatic rings. The number of benzene rings is 2. The molecule has 6 heteroatoms. The molecule has 0 aliphatic heterocycles. The highest BCUT2D eigenvalue weighted by atomic mass is 127. The number of halogens is 1. The van der Waals surface area contributed by atoms with Crippen molar-refractivity contribution < 1.29 is 4.79 Å². The first-order valence-electron chi connectivity index (χ1n) is 9.12. The van der Waals surface area contributed by atoms with Gasteiger partial charge in [0.25, 0.3) is 0 Å². The molecule has 0 saturated heterocycles. The van der Waals surface area contributed by atoms with Crippen molar-refractivity contribution >= 4 is 41.5 Å². The van der Waals surface area contributed by atoms with Gasteiger partial charge in [-0.05, 0) is 29.5 Å². The molecule has 27 heavy (non-hydrogen) atoms. The van der Waals surface area contributed by atoms with Gasteiger partial charge in [-0.2, -0.15) is 0 Å². The number of aryl methyl sites for hydroxylation is 2. The summed E-state index contributed by atoms with van der Waals surface area (Å²) >= 11 is 0. The van der Waals surface area contributed by atoms with Crippen LogP contribution in [0.5, 0.6) is 0 Å². The van der Waals surface area contributed by atoms with E-state index >= 15 is 0 Å². The van der Waals surface area contributed by atoms with E-state index in [2.05, 4.69) is 47.7 Å². The Morgan fingerprint density at radius 2 is 1.63 bits per heavy atom. The molecule has 0 saturated carbocycles. The number of carbonyl (C=O) groups excluding carboxylic acids is 1. The van der Waals surface area contributed by atoms with Crippen molar-refractivity contribution in [2.24, 2.45) is 10.7 Å². The predicted molar refractivity (Wildman–Crippen MR) is 124 cm³/mol. The van der Waals surface area contributed by atoms with E-state index in [-0.39, 0.29) is 29.9 Å². The van der Waals surface area contributed by atoms with Crippen molar-refractivity contribution in [2.75, 3.05) is 11.9 Å². The van der Waals surface area contributed by atoms with Crippen LogP contribution in [0, 0.1) is 0 Å². The molecule has 2 rings (SSSR count). The van der Waals surface area contributed by atoms with Crippen LogP contribution in [0.2, 0.25) is 0 Å². The molecule has 4 N–H and O–H groups in total. The lowest BCUT2D eigenvalue weighted by Gasteiger charge is -2.14. The molecule has 0 fully saturated rings. The molecule has 0 aromatic heterocycles. The highest BCUT2D eigenvalue weighted by Gasteiger charge is 2.07. The van der Waals surface area contributed by atoms with Gasteiger partial charge in [-0.1, -0.05) is 62.4 Å². The number of nitrogens with two attached hydrogens (primary N) is 1. The molecule has 0 aliphatic rings. The van der Waals surface area contributed by atoms with Gasteiger partial charge in [0.05, 0.1) is 6.54 Å². The lowest BCUT2D eigenvalue weighted by Crippen LogP contribution is -2.26. The minimum absolute atomic E-state index is 0. The Labute approximate surface area is 178 Å². The van der Waals surface area contributed by atoms with Gasteiger partial charge in [0.2, 0.25) is 5.91 Å². The number of carbonyl (C=O) groups is 1. The maximum atomic E-state index is 11.9. The Morgan fingerprint density at radius 3 is 2.22 bits per heavy atom. The van der Waals surface area contributed by atoms with Gasteiger partial charge in [-0.25, -0.2) is 0 Å². The standard InChI is InChI=1S/C21H28N4O.HI/c1-3-17-11-8-12-18(4-2)20(17)25-21(22)23-14-13-19(26)24-15-16-9-6-5-7-10-16;/h5-12H,3-4,13-15H2,1-2H3,(H,24,26)(H3,22,23,25);1H. The number of amides is 1. The summed E-state index contributed by atoms with van der Waals surface area (Å²) in [6.07, 6.45) is 2.15. The lowest BCUT2D eigenvalue weighted by molar-refractivity contribution is -0.121. The number of anilines is 1. The van der Waals surface area contributed by atoms with E-state index in [1.165, 1.54) is 11.1 Å². The second-order valence-corrected chi connectivity index (χ2v) is 6.06. The molecule has 0 unspecified atom stereocenters. The Morgan fingerprint density at radius 1 is 1.00 bits per heavy atom. The van der Waals surface area contributed by atoms with Crippen molar-refractivity contribution in [3.63, 3.8) is 0 Å². The maximum Gasteiger partial charge on any atom is 0.222 e. The van der Waals surface area contributed by atoms with Crippen LogP contribution in [-0.2, 0) is 24.2 Å². The number of guanidine groups is 1. The third kappa shape index (κ3) is 7.58. The molecule has 0 heterocycles. The van der Waals surface area contributed by atoms with Gasteiger partial charge in [0.15, 0.2) is 5.96 Å². The number of hydrogen-bond acceptors (Lipinski definition) is 2. The Bertz CT molecular complexity index is 725. The molecule has 0 aliphatic carbocycles. The minimum Gasteiger partial charge on any atom is -0.370 e. The SMILES string of the molecule is CCc1cccc(CC)c1NC(N)=NCCC(=O)NCc1ccccc1.I. The van der Waals surface area contributed by atoms with E-state index < -0.39 is 0 Å². The fourth-order valence-electron chi connectivity index (χ4n) is 2.73. The van der Waals surface area contributed by atoms with Gasteiger partial charge in [0, 0.05) is 18.7 Å². The molecule has 1 amide bonds. The third-order valence-electron chi connectivity index (χ3n) is 4.21. The largest absolute Gasteiger partial charge is 0.370 e. The summed E-state index contributed by atoms with van der Waals surface area (Å²) in [7, 11) is 0. The van der Waals surface area contributed by atoms with Crippen LogP contribution in [0.3, 0.4) is 0 Å². The lowest BCUT2D eigenvalue weighted by atomic mass is 10.0. The van der Waals surface area contributed by atoms with Crippen LogP contribution in [0.1, 0.15) is 37.0 Å². The van der Waals surface area contributed by atoms with E-state index in [1.807, 2.05) is 30.3 Å². The van der Waals surface area contributed by atoms with Crippen LogP contribution in [0.15, 0.2) is 53.5 Å². The molecule has 2 aromatic carbocycles. The number of aliphatic imine (C=N–C) groups is 1. The van der Waals surface area contributed by atoms with Crippen LogP contribution in [0.25, 0.3) is 0 Å². The highest BCUT2D eigenvalue weighted by molar-refractivity contribution is 14.0. The van der Waals surface area contributed by atoms with Gasteiger partial charge in [0.1, 0.15) is 0 Å². The summed E-state index contributed by atoms with van der Waals surface area (Å²) in [6, 6.07) is 16.1. The van der Waals surface area contributed by atoms with E-state index in [0.717, 1.165) is 24.1 Å². The van der Waals surface area contributed by atoms with E-state index in [0.29, 0.717) is 25.5 Å². The number of rotatable bonds is 8. The van der Waals surface area contributed by atoms with Crippen LogP contribution in [0.4, 0.5) is 5.69 Å². The van der Waals surface area contributed by atoms with Gasteiger partial charge in [-0.3, -0.25) is 9.79 Å². The number of hydrogen-bond donors (Lipinski definition) is 3. The summed E-state index contributed by atoms with van der Waals surface area (Å²) in [5.41, 5.74) is 10.5. The van der Waals surface area contributed by atoms with Crippen LogP contribution in [-0.4, -0.2) is 18.4 Å². The second kappa shape index (κ2) is 12.3. The fraction of sp³-hybridized carbons (Fsp3) is 0.333. The normalized spacial score (nSPS) is 10.8. The minimum atomic E-state index is -0.0337. The molecule has 0 bridgehead atoms. The van der Waals surface area contributed by atoms with Gasteiger partial charge < -0.3 is 16.4 Å². The molecular weight excluding hydrogens is 451 g/mol.